The minimum absolute atomic E-state index is 0.0417. The molecule has 0 aliphatic rings. The van der Waals surface area contributed by atoms with Crippen LogP contribution in [-0.2, 0) is 14.2 Å². The molecule has 5 nitrogen and oxygen atoms in total. The van der Waals surface area contributed by atoms with Gasteiger partial charge >= 0.3 is 0 Å². The van der Waals surface area contributed by atoms with Crippen molar-refractivity contribution in [2.75, 3.05) is 39.6 Å². The normalized spacial score (nSPS) is 12.9. The second-order valence-electron chi connectivity index (χ2n) is 9.74. The second-order valence-corrected chi connectivity index (χ2v) is 9.74. The van der Waals surface area contributed by atoms with Crippen LogP contribution < -0.4 is 0 Å². The average Bonchev–Trinajstić information content (AvgIpc) is 2.87. The van der Waals surface area contributed by atoms with Gasteiger partial charge in [0.2, 0.25) is 0 Å². The van der Waals surface area contributed by atoms with Crippen LogP contribution in [0.4, 0.5) is 0 Å². The Labute approximate surface area is 219 Å². The van der Waals surface area contributed by atoms with E-state index < -0.39 is 0 Å². The first kappa shape index (κ1) is 37.0. The van der Waals surface area contributed by atoms with Crippen molar-refractivity contribution in [1.82, 2.24) is 0 Å². The monoisotopic (exact) mass is 504 g/mol. The van der Waals surface area contributed by atoms with Gasteiger partial charge in [-0.15, -0.1) is 0 Å². The molecule has 5 heteroatoms. The van der Waals surface area contributed by atoms with Gasteiger partial charge in [0.05, 0.1) is 51.8 Å². The summed E-state index contributed by atoms with van der Waals surface area (Å²) in [6, 6.07) is 0. The predicted octanol–water partition coefficient (Wildman–Crippen LogP) is 7.85. The van der Waals surface area contributed by atoms with E-state index in [2.05, 4.69) is 27.7 Å². The fraction of sp³-hybridized carbons (Fsp3) is 1.00. The molecule has 0 aliphatic carbocycles. The lowest BCUT2D eigenvalue weighted by atomic mass is 10.0. The Morgan fingerprint density at radius 2 is 0.771 bits per heavy atom. The van der Waals surface area contributed by atoms with Gasteiger partial charge in [0.1, 0.15) is 0 Å². The minimum atomic E-state index is 0.0417. The summed E-state index contributed by atoms with van der Waals surface area (Å²) in [5, 5.41) is 16.5. The molecule has 0 aliphatic heterocycles. The molecule has 2 N–H and O–H groups in total. The molecule has 0 bridgehead atoms. The van der Waals surface area contributed by atoms with E-state index >= 15 is 0 Å². The average molecular weight is 505 g/mol. The number of hydrogen-bond donors (Lipinski definition) is 2. The van der Waals surface area contributed by atoms with Crippen LogP contribution in [0.5, 0.6) is 0 Å². The Balaban J connectivity index is 0. The smallest absolute Gasteiger partial charge is 0.0701 e. The summed E-state index contributed by atoms with van der Waals surface area (Å²) in [6.07, 6.45) is 25.3. The Hall–Kier alpha value is -0.200. The Morgan fingerprint density at radius 1 is 0.429 bits per heavy atom. The van der Waals surface area contributed by atoms with E-state index in [1.54, 1.807) is 0 Å². The number of unbranched alkanes of at least 4 members (excludes halogenated alkanes) is 10. The van der Waals surface area contributed by atoms with Crippen LogP contribution >= 0.6 is 0 Å². The molecule has 2 unspecified atom stereocenters. The quantitative estimate of drug-likeness (QED) is 0.111. The SMILES string of the molecule is CCCCCCCC(CCCC)OC(CCCC)CCCCCCC.OCCOCCOCCO. The standard InChI is InChI=1S/C24H50O.C6H14O4/c1-5-9-13-15-17-21-23(19-11-7-3)25-24(20-12-8-4)22-18-16-14-10-6-2;7-1-3-9-5-6-10-4-2-8/h23-24H,5-22H2,1-4H3;7-8H,1-6H2. The first-order valence-electron chi connectivity index (χ1n) is 15.2. The van der Waals surface area contributed by atoms with Gasteiger partial charge in [0, 0.05) is 0 Å². The zero-order chi connectivity index (χ0) is 26.2. The van der Waals surface area contributed by atoms with E-state index in [1.807, 2.05) is 0 Å². The maximum atomic E-state index is 8.26. The molecule has 0 saturated heterocycles. The third-order valence-electron chi connectivity index (χ3n) is 6.25. The summed E-state index contributed by atoms with van der Waals surface area (Å²) in [6.45, 7) is 10.9. The highest BCUT2D eigenvalue weighted by molar-refractivity contribution is 4.66. The zero-order valence-electron chi connectivity index (χ0n) is 24.2. The van der Waals surface area contributed by atoms with E-state index in [0.29, 0.717) is 38.6 Å². The number of aliphatic hydroxyl groups is 2. The molecule has 0 aromatic heterocycles. The van der Waals surface area contributed by atoms with Crippen LogP contribution in [0.1, 0.15) is 143 Å². The van der Waals surface area contributed by atoms with E-state index in [1.165, 1.54) is 116 Å². The fourth-order valence-electron chi connectivity index (χ4n) is 4.10. The predicted molar refractivity (Wildman–Crippen MR) is 150 cm³/mol. The van der Waals surface area contributed by atoms with Crippen molar-refractivity contribution in [2.45, 2.75) is 155 Å². The molecule has 214 valence electrons. The van der Waals surface area contributed by atoms with Crippen molar-refractivity contribution in [2.24, 2.45) is 0 Å². The van der Waals surface area contributed by atoms with Crippen LogP contribution in [-0.4, -0.2) is 62.1 Å². The first-order chi connectivity index (χ1) is 17.2. The Bertz CT molecular complexity index is 322. The second kappa shape index (κ2) is 33.8. The van der Waals surface area contributed by atoms with E-state index in [9.17, 15) is 0 Å². The summed E-state index contributed by atoms with van der Waals surface area (Å²) in [5.41, 5.74) is 0. The summed E-state index contributed by atoms with van der Waals surface area (Å²) < 4.78 is 16.4. The lowest BCUT2D eigenvalue weighted by Crippen LogP contribution is -2.23. The maximum Gasteiger partial charge on any atom is 0.0701 e. The molecule has 35 heavy (non-hydrogen) atoms. The van der Waals surface area contributed by atoms with Crippen LogP contribution in [0.15, 0.2) is 0 Å². The Morgan fingerprint density at radius 3 is 1.11 bits per heavy atom. The number of rotatable bonds is 27. The third kappa shape index (κ3) is 31.8. The molecule has 0 aromatic carbocycles. The molecule has 0 aromatic rings. The van der Waals surface area contributed by atoms with Gasteiger partial charge in [-0.25, -0.2) is 0 Å². The van der Waals surface area contributed by atoms with Gasteiger partial charge in [0.15, 0.2) is 0 Å². The van der Waals surface area contributed by atoms with E-state index in [-0.39, 0.29) is 13.2 Å². The van der Waals surface area contributed by atoms with Gasteiger partial charge in [-0.05, 0) is 25.7 Å². The molecule has 0 saturated carbocycles. The van der Waals surface area contributed by atoms with Crippen LogP contribution in [0.3, 0.4) is 0 Å². The van der Waals surface area contributed by atoms with Crippen molar-refractivity contribution in [3.8, 4) is 0 Å². The molecular weight excluding hydrogens is 440 g/mol. The van der Waals surface area contributed by atoms with Crippen LogP contribution in [0.25, 0.3) is 0 Å². The molecule has 0 spiro atoms. The summed E-state index contributed by atoms with van der Waals surface area (Å²) >= 11 is 0. The lowest BCUT2D eigenvalue weighted by Gasteiger charge is -2.25. The summed E-state index contributed by atoms with van der Waals surface area (Å²) in [7, 11) is 0. The van der Waals surface area contributed by atoms with Crippen molar-refractivity contribution in [3.63, 3.8) is 0 Å². The molecule has 0 fully saturated rings. The molecule has 0 rings (SSSR count). The van der Waals surface area contributed by atoms with Crippen molar-refractivity contribution in [3.05, 3.63) is 0 Å². The lowest BCUT2D eigenvalue weighted by molar-refractivity contribution is -0.0320. The molecular formula is C30H64O5. The van der Waals surface area contributed by atoms with E-state index in [0.717, 1.165) is 0 Å². The van der Waals surface area contributed by atoms with Gasteiger partial charge in [-0.1, -0.05) is 118 Å². The van der Waals surface area contributed by atoms with Gasteiger partial charge in [-0.2, -0.15) is 0 Å². The third-order valence-corrected chi connectivity index (χ3v) is 6.25. The van der Waals surface area contributed by atoms with Gasteiger partial charge in [0.25, 0.3) is 0 Å². The minimum Gasteiger partial charge on any atom is -0.394 e. The number of aliphatic hydroxyl groups excluding tert-OH is 2. The number of hydrogen-bond acceptors (Lipinski definition) is 5. The molecule has 0 radical (unpaired) electrons. The topological polar surface area (TPSA) is 68.2 Å². The molecule has 2 atom stereocenters. The van der Waals surface area contributed by atoms with Crippen molar-refractivity contribution in [1.29, 1.82) is 0 Å². The Kier molecular flexibility index (Phi) is 35.7. The highest BCUT2D eigenvalue weighted by atomic mass is 16.5. The van der Waals surface area contributed by atoms with Crippen molar-refractivity contribution < 1.29 is 24.4 Å². The van der Waals surface area contributed by atoms with Gasteiger partial charge < -0.3 is 24.4 Å². The highest BCUT2D eigenvalue weighted by Crippen LogP contribution is 2.21. The van der Waals surface area contributed by atoms with Crippen LogP contribution in [0.2, 0.25) is 0 Å². The van der Waals surface area contributed by atoms with Crippen molar-refractivity contribution >= 4 is 0 Å². The maximum absolute atomic E-state index is 8.26. The highest BCUT2D eigenvalue weighted by Gasteiger charge is 2.16. The largest absolute Gasteiger partial charge is 0.394 e. The first-order valence-corrected chi connectivity index (χ1v) is 15.2. The molecule has 0 heterocycles. The van der Waals surface area contributed by atoms with Crippen LogP contribution in [0, 0.1) is 0 Å². The van der Waals surface area contributed by atoms with Gasteiger partial charge in [-0.3, -0.25) is 0 Å². The summed E-state index contributed by atoms with van der Waals surface area (Å²) in [4.78, 5) is 0. The van der Waals surface area contributed by atoms with E-state index in [4.69, 9.17) is 24.4 Å². The fourth-order valence-corrected chi connectivity index (χ4v) is 4.10. The summed E-state index contributed by atoms with van der Waals surface area (Å²) in [5.74, 6) is 0. The number of ether oxygens (including phenoxy) is 3. The molecule has 0 amide bonds. The zero-order valence-corrected chi connectivity index (χ0v) is 24.2.